The Bertz CT molecular complexity index is 723. The number of likely N-dealkylation sites (N-methyl/N-ethyl adjacent to an activating group) is 1. The first-order valence-electron chi connectivity index (χ1n) is 7.37. The molecule has 0 saturated carbocycles. The molecule has 3 rings (SSSR count). The van der Waals surface area contributed by atoms with Gasteiger partial charge in [0.1, 0.15) is 6.04 Å². The van der Waals surface area contributed by atoms with Crippen LogP contribution in [0.5, 0.6) is 0 Å². The fourth-order valence-corrected chi connectivity index (χ4v) is 3.07. The first-order valence-corrected chi connectivity index (χ1v) is 7.37. The number of carbonyl (C=O) groups excluding carboxylic acids is 2. The summed E-state index contributed by atoms with van der Waals surface area (Å²) in [6.07, 6.45) is 0.496. The number of fused-ring (bicyclic) bond motifs is 1. The molecule has 5 nitrogen and oxygen atoms in total. The maximum absolute atomic E-state index is 12.9. The summed E-state index contributed by atoms with van der Waals surface area (Å²) in [5.41, 5.74) is 6.57. The van der Waals surface area contributed by atoms with Gasteiger partial charge in [-0.25, -0.2) is 0 Å². The van der Waals surface area contributed by atoms with E-state index in [1.165, 1.54) is 0 Å². The van der Waals surface area contributed by atoms with Gasteiger partial charge in [0, 0.05) is 25.2 Å². The number of amides is 2. The molecule has 1 saturated heterocycles. The van der Waals surface area contributed by atoms with Gasteiger partial charge in [-0.05, 0) is 23.3 Å². The van der Waals surface area contributed by atoms with E-state index in [0.717, 1.165) is 10.8 Å². The first kappa shape index (κ1) is 14.5. The number of nitrogens with one attached hydrogen (secondary N) is 1. The lowest BCUT2D eigenvalue weighted by molar-refractivity contribution is -0.124. The molecule has 2 amide bonds. The first-order chi connectivity index (χ1) is 10.6. The van der Waals surface area contributed by atoms with Gasteiger partial charge in [-0.1, -0.05) is 36.4 Å². The van der Waals surface area contributed by atoms with E-state index in [0.29, 0.717) is 18.5 Å². The summed E-state index contributed by atoms with van der Waals surface area (Å²) in [5, 5.41) is 4.51. The van der Waals surface area contributed by atoms with Gasteiger partial charge in [0.25, 0.3) is 5.91 Å². The van der Waals surface area contributed by atoms with Crippen molar-refractivity contribution in [2.24, 2.45) is 5.73 Å². The van der Waals surface area contributed by atoms with Crippen LogP contribution in [0.3, 0.4) is 0 Å². The van der Waals surface area contributed by atoms with Crippen molar-refractivity contribution in [3.63, 3.8) is 0 Å². The minimum Gasteiger partial charge on any atom is -0.357 e. The van der Waals surface area contributed by atoms with Crippen LogP contribution in [0.25, 0.3) is 10.8 Å². The van der Waals surface area contributed by atoms with Crippen molar-refractivity contribution >= 4 is 22.6 Å². The topological polar surface area (TPSA) is 75.4 Å². The lowest BCUT2D eigenvalue weighted by Gasteiger charge is -2.23. The second kappa shape index (κ2) is 5.77. The molecule has 1 aliphatic heterocycles. The Morgan fingerprint density at radius 2 is 1.91 bits per heavy atom. The molecule has 1 heterocycles. The second-order valence-corrected chi connectivity index (χ2v) is 5.61. The highest BCUT2D eigenvalue weighted by Gasteiger charge is 2.38. The van der Waals surface area contributed by atoms with Crippen LogP contribution in [-0.4, -0.2) is 42.4 Å². The highest BCUT2D eigenvalue weighted by atomic mass is 16.2. The van der Waals surface area contributed by atoms with Crippen LogP contribution in [0.15, 0.2) is 42.5 Å². The molecular weight excluding hydrogens is 278 g/mol. The largest absolute Gasteiger partial charge is 0.357 e. The van der Waals surface area contributed by atoms with Gasteiger partial charge in [-0.15, -0.1) is 0 Å². The summed E-state index contributed by atoms with van der Waals surface area (Å²) < 4.78 is 0. The van der Waals surface area contributed by atoms with E-state index in [4.69, 9.17) is 5.73 Å². The van der Waals surface area contributed by atoms with Gasteiger partial charge in [-0.3, -0.25) is 9.59 Å². The van der Waals surface area contributed by atoms with E-state index in [1.807, 2.05) is 36.4 Å². The maximum atomic E-state index is 12.9. The molecule has 0 unspecified atom stereocenters. The van der Waals surface area contributed by atoms with Crippen LogP contribution >= 0.6 is 0 Å². The van der Waals surface area contributed by atoms with E-state index < -0.39 is 6.04 Å². The molecule has 0 aromatic heterocycles. The lowest BCUT2D eigenvalue weighted by atomic mass is 10.0. The minimum atomic E-state index is -0.494. The third-order valence-electron chi connectivity index (χ3n) is 4.16. The molecule has 5 heteroatoms. The highest BCUT2D eigenvalue weighted by Crippen LogP contribution is 2.24. The van der Waals surface area contributed by atoms with E-state index in [1.54, 1.807) is 18.0 Å². The zero-order valence-corrected chi connectivity index (χ0v) is 12.5. The van der Waals surface area contributed by atoms with Crippen molar-refractivity contribution in [2.45, 2.75) is 18.5 Å². The number of hydrogen-bond donors (Lipinski definition) is 2. The molecule has 1 fully saturated rings. The highest BCUT2D eigenvalue weighted by molar-refractivity contribution is 6.08. The van der Waals surface area contributed by atoms with Crippen molar-refractivity contribution in [1.29, 1.82) is 0 Å². The van der Waals surface area contributed by atoms with Crippen molar-refractivity contribution < 1.29 is 9.59 Å². The van der Waals surface area contributed by atoms with Crippen LogP contribution in [0.2, 0.25) is 0 Å². The van der Waals surface area contributed by atoms with Crippen LogP contribution in [0.1, 0.15) is 16.8 Å². The van der Waals surface area contributed by atoms with E-state index in [9.17, 15) is 9.59 Å². The zero-order valence-electron chi connectivity index (χ0n) is 12.5. The van der Waals surface area contributed by atoms with Gasteiger partial charge in [0.15, 0.2) is 0 Å². The summed E-state index contributed by atoms with van der Waals surface area (Å²) >= 11 is 0. The van der Waals surface area contributed by atoms with Gasteiger partial charge in [0.05, 0.1) is 0 Å². The molecule has 114 valence electrons. The summed E-state index contributed by atoms with van der Waals surface area (Å²) in [4.78, 5) is 26.5. The van der Waals surface area contributed by atoms with Crippen LogP contribution in [0, 0.1) is 0 Å². The molecule has 0 radical (unpaired) electrons. The molecule has 22 heavy (non-hydrogen) atoms. The normalized spacial score (nSPS) is 21.1. The maximum Gasteiger partial charge on any atom is 0.255 e. The quantitative estimate of drug-likeness (QED) is 0.872. The number of likely N-dealkylation sites (tertiary alicyclic amines) is 1. The Kier molecular flexibility index (Phi) is 3.81. The predicted octanol–water partition coefficient (Wildman–Crippen LogP) is 1.13. The molecule has 2 aromatic carbocycles. The fraction of sp³-hybridized carbons (Fsp3) is 0.294. The Morgan fingerprint density at radius 3 is 2.68 bits per heavy atom. The monoisotopic (exact) mass is 297 g/mol. The zero-order chi connectivity index (χ0) is 15.7. The Balaban J connectivity index is 2.00. The smallest absolute Gasteiger partial charge is 0.255 e. The Morgan fingerprint density at radius 1 is 1.18 bits per heavy atom. The number of carbonyl (C=O) groups is 2. The summed E-state index contributed by atoms with van der Waals surface area (Å²) in [6, 6.07) is 12.7. The third kappa shape index (κ3) is 2.44. The standard InChI is InChI=1S/C17H19N3O2/c1-19-16(21)15-9-12(18)10-20(15)17(22)14-8-4-6-11-5-2-3-7-13(11)14/h2-8,12,15H,9-10,18H2,1H3,(H,19,21)/t12-,15+/m1/s1. The van der Waals surface area contributed by atoms with Gasteiger partial charge in [-0.2, -0.15) is 0 Å². The summed E-state index contributed by atoms with van der Waals surface area (Å²) in [6.45, 7) is 0.403. The second-order valence-electron chi connectivity index (χ2n) is 5.61. The third-order valence-corrected chi connectivity index (χ3v) is 4.16. The molecule has 2 aromatic rings. The average molecular weight is 297 g/mol. The van der Waals surface area contributed by atoms with Crippen molar-refractivity contribution in [3.05, 3.63) is 48.0 Å². The Labute approximate surface area is 129 Å². The fourth-order valence-electron chi connectivity index (χ4n) is 3.07. The predicted molar refractivity (Wildman–Crippen MR) is 85.4 cm³/mol. The summed E-state index contributed by atoms with van der Waals surface area (Å²) in [5.74, 6) is -0.306. The Hall–Kier alpha value is -2.40. The van der Waals surface area contributed by atoms with E-state index in [-0.39, 0.29) is 17.9 Å². The van der Waals surface area contributed by atoms with Crippen LogP contribution in [-0.2, 0) is 4.79 Å². The molecular formula is C17H19N3O2. The molecule has 3 N–H and O–H groups in total. The summed E-state index contributed by atoms with van der Waals surface area (Å²) in [7, 11) is 1.58. The van der Waals surface area contributed by atoms with Gasteiger partial charge in [0.2, 0.25) is 5.91 Å². The average Bonchev–Trinajstić information content (AvgIpc) is 2.94. The number of hydrogen-bond acceptors (Lipinski definition) is 3. The van der Waals surface area contributed by atoms with Gasteiger partial charge >= 0.3 is 0 Å². The van der Waals surface area contributed by atoms with Crippen molar-refractivity contribution in [2.75, 3.05) is 13.6 Å². The van der Waals surface area contributed by atoms with Gasteiger partial charge < -0.3 is 16.0 Å². The number of nitrogens with zero attached hydrogens (tertiary/aromatic N) is 1. The lowest BCUT2D eigenvalue weighted by Crippen LogP contribution is -2.45. The molecule has 0 aliphatic carbocycles. The minimum absolute atomic E-state index is 0.140. The SMILES string of the molecule is CNC(=O)[C@@H]1C[C@@H](N)CN1C(=O)c1cccc2ccccc12. The van der Waals surface area contributed by atoms with Crippen molar-refractivity contribution in [3.8, 4) is 0 Å². The molecule has 0 bridgehead atoms. The van der Waals surface area contributed by atoms with Crippen LogP contribution in [0.4, 0.5) is 0 Å². The molecule has 0 spiro atoms. The molecule has 2 atom stereocenters. The van der Waals surface area contributed by atoms with Crippen molar-refractivity contribution in [1.82, 2.24) is 10.2 Å². The number of benzene rings is 2. The van der Waals surface area contributed by atoms with E-state index >= 15 is 0 Å². The van der Waals surface area contributed by atoms with Crippen LogP contribution < -0.4 is 11.1 Å². The van der Waals surface area contributed by atoms with E-state index in [2.05, 4.69) is 5.32 Å². The number of nitrogens with two attached hydrogens (primary N) is 1. The molecule has 1 aliphatic rings. The number of rotatable bonds is 2.